The molecule has 0 amide bonds. The monoisotopic (exact) mass is 290 g/mol. The molecule has 1 fully saturated rings. The third-order valence-corrected chi connectivity index (χ3v) is 4.02. The molecule has 5 heteroatoms. The third kappa shape index (κ3) is 2.05. The van der Waals surface area contributed by atoms with E-state index in [1.165, 1.54) is 5.54 Å². The molecule has 0 aromatic heterocycles. The van der Waals surface area contributed by atoms with E-state index < -0.39 is 11.4 Å². The second kappa shape index (κ2) is 4.52. The van der Waals surface area contributed by atoms with E-state index in [9.17, 15) is 9.90 Å². The number of hydrogen-bond donors (Lipinski definition) is 1. The Labute approximate surface area is 114 Å². The highest BCUT2D eigenvalue weighted by molar-refractivity contribution is 6.42. The van der Waals surface area contributed by atoms with E-state index in [0.29, 0.717) is 22.0 Å². The van der Waals surface area contributed by atoms with Crippen molar-refractivity contribution in [2.75, 3.05) is 0 Å². The standard InChI is InChI=1S/C12H9Cl3O2/c13-4-3-8-6-12(8,11(16)17)7-1-2-9(14)10(15)5-7/h1-5,8H,6H2,(H,16,17)/b4-3-/t8-,12-/m1/s1. The maximum atomic E-state index is 11.4. The summed E-state index contributed by atoms with van der Waals surface area (Å²) in [5, 5.41) is 10.1. The van der Waals surface area contributed by atoms with Gasteiger partial charge in [-0.2, -0.15) is 0 Å². The number of rotatable bonds is 3. The molecule has 0 unspecified atom stereocenters. The summed E-state index contributed by atoms with van der Waals surface area (Å²) in [4.78, 5) is 11.4. The first kappa shape index (κ1) is 12.7. The summed E-state index contributed by atoms with van der Waals surface area (Å²) in [6.45, 7) is 0. The summed E-state index contributed by atoms with van der Waals surface area (Å²) in [6, 6.07) is 4.92. The number of carboxylic acid groups (broad SMARTS) is 1. The molecule has 1 aromatic rings. The Bertz CT molecular complexity index is 499. The molecule has 1 saturated carbocycles. The molecule has 2 atom stereocenters. The molecule has 0 bridgehead atoms. The average molecular weight is 292 g/mol. The highest BCUT2D eigenvalue weighted by Crippen LogP contribution is 2.56. The van der Waals surface area contributed by atoms with Crippen LogP contribution in [0.2, 0.25) is 10.0 Å². The van der Waals surface area contributed by atoms with Gasteiger partial charge in [-0.25, -0.2) is 0 Å². The van der Waals surface area contributed by atoms with E-state index in [-0.39, 0.29) is 5.92 Å². The molecule has 0 radical (unpaired) electrons. The van der Waals surface area contributed by atoms with Crippen LogP contribution >= 0.6 is 34.8 Å². The maximum Gasteiger partial charge on any atom is 0.314 e. The van der Waals surface area contributed by atoms with Crippen molar-refractivity contribution in [2.24, 2.45) is 5.92 Å². The SMILES string of the molecule is O=C(O)[C@@]1(c2ccc(Cl)c(Cl)c2)C[C@H]1/C=C\Cl. The largest absolute Gasteiger partial charge is 0.481 e. The topological polar surface area (TPSA) is 37.3 Å². The van der Waals surface area contributed by atoms with Gasteiger partial charge in [-0.15, -0.1) is 0 Å². The summed E-state index contributed by atoms with van der Waals surface area (Å²) < 4.78 is 0. The van der Waals surface area contributed by atoms with Crippen LogP contribution in [0.5, 0.6) is 0 Å². The van der Waals surface area contributed by atoms with Crippen molar-refractivity contribution in [3.63, 3.8) is 0 Å². The van der Waals surface area contributed by atoms with Gasteiger partial charge in [-0.1, -0.05) is 46.9 Å². The number of benzene rings is 1. The van der Waals surface area contributed by atoms with Crippen LogP contribution < -0.4 is 0 Å². The number of hydrogen-bond acceptors (Lipinski definition) is 1. The minimum absolute atomic E-state index is 0.0882. The van der Waals surface area contributed by atoms with Crippen molar-refractivity contribution >= 4 is 40.8 Å². The Morgan fingerprint density at radius 3 is 2.65 bits per heavy atom. The predicted octanol–water partition coefficient (Wildman–Crippen LogP) is 4.09. The highest BCUT2D eigenvalue weighted by Gasteiger charge is 2.60. The average Bonchev–Trinajstić information content (AvgIpc) is 2.98. The van der Waals surface area contributed by atoms with Gasteiger partial charge in [-0.3, -0.25) is 4.79 Å². The van der Waals surface area contributed by atoms with Gasteiger partial charge in [0.05, 0.1) is 15.5 Å². The Kier molecular flexibility index (Phi) is 3.39. The van der Waals surface area contributed by atoms with Crippen molar-refractivity contribution in [3.8, 4) is 0 Å². The van der Waals surface area contributed by atoms with Crippen molar-refractivity contribution in [2.45, 2.75) is 11.8 Å². The number of allylic oxidation sites excluding steroid dienone is 1. The van der Waals surface area contributed by atoms with E-state index >= 15 is 0 Å². The van der Waals surface area contributed by atoms with Crippen LogP contribution in [0.25, 0.3) is 0 Å². The van der Waals surface area contributed by atoms with Gasteiger partial charge in [0.2, 0.25) is 0 Å². The molecule has 0 spiro atoms. The van der Waals surface area contributed by atoms with Crippen LogP contribution in [0, 0.1) is 5.92 Å². The second-order valence-corrected chi connectivity index (χ2v) is 5.10. The van der Waals surface area contributed by atoms with Gasteiger partial charge in [0.1, 0.15) is 0 Å². The zero-order valence-electron chi connectivity index (χ0n) is 8.66. The third-order valence-electron chi connectivity index (χ3n) is 3.14. The molecule has 90 valence electrons. The molecular formula is C12H9Cl3O2. The molecular weight excluding hydrogens is 282 g/mol. The Hall–Kier alpha value is -0.700. The first-order valence-corrected chi connectivity index (χ1v) is 6.17. The van der Waals surface area contributed by atoms with Crippen LogP contribution in [0.4, 0.5) is 0 Å². The normalized spacial score (nSPS) is 27.4. The lowest BCUT2D eigenvalue weighted by Crippen LogP contribution is -2.22. The van der Waals surface area contributed by atoms with E-state index in [1.807, 2.05) is 0 Å². The van der Waals surface area contributed by atoms with Crippen LogP contribution in [-0.2, 0) is 10.2 Å². The van der Waals surface area contributed by atoms with Gasteiger partial charge in [-0.05, 0) is 30.0 Å². The van der Waals surface area contributed by atoms with E-state index in [0.717, 1.165) is 0 Å². The fraction of sp³-hybridized carbons (Fsp3) is 0.250. The Morgan fingerprint density at radius 1 is 1.41 bits per heavy atom. The zero-order valence-corrected chi connectivity index (χ0v) is 10.9. The van der Waals surface area contributed by atoms with Crippen LogP contribution in [0.3, 0.4) is 0 Å². The Balaban J connectivity index is 2.42. The van der Waals surface area contributed by atoms with Crippen LogP contribution in [0.1, 0.15) is 12.0 Å². The van der Waals surface area contributed by atoms with Crippen LogP contribution in [-0.4, -0.2) is 11.1 Å². The van der Waals surface area contributed by atoms with Gasteiger partial charge in [0.15, 0.2) is 0 Å². The summed E-state index contributed by atoms with van der Waals surface area (Å²) in [7, 11) is 0. The zero-order chi connectivity index (χ0) is 12.6. The van der Waals surface area contributed by atoms with Gasteiger partial charge < -0.3 is 5.11 Å². The first-order chi connectivity index (χ1) is 8.02. The number of carbonyl (C=O) groups is 1. The minimum Gasteiger partial charge on any atom is -0.481 e. The molecule has 0 aliphatic heterocycles. The lowest BCUT2D eigenvalue weighted by molar-refractivity contribution is -0.140. The smallest absolute Gasteiger partial charge is 0.314 e. The molecule has 0 saturated heterocycles. The fourth-order valence-electron chi connectivity index (χ4n) is 2.08. The summed E-state index contributed by atoms with van der Waals surface area (Å²) in [6.07, 6.45) is 2.22. The van der Waals surface area contributed by atoms with Gasteiger partial charge >= 0.3 is 5.97 Å². The predicted molar refractivity (Wildman–Crippen MR) is 68.9 cm³/mol. The van der Waals surface area contributed by atoms with Crippen molar-refractivity contribution in [3.05, 3.63) is 45.4 Å². The van der Waals surface area contributed by atoms with Crippen LogP contribution in [0.15, 0.2) is 29.8 Å². The van der Waals surface area contributed by atoms with Gasteiger partial charge in [0.25, 0.3) is 0 Å². The summed E-state index contributed by atoms with van der Waals surface area (Å²) >= 11 is 17.2. The number of carboxylic acids is 1. The molecule has 2 rings (SSSR count). The maximum absolute atomic E-state index is 11.4. The van der Waals surface area contributed by atoms with Crippen molar-refractivity contribution < 1.29 is 9.90 Å². The van der Waals surface area contributed by atoms with E-state index in [4.69, 9.17) is 34.8 Å². The summed E-state index contributed by atoms with van der Waals surface area (Å²) in [5.41, 5.74) is 1.12. The Morgan fingerprint density at radius 2 is 2.12 bits per heavy atom. The second-order valence-electron chi connectivity index (χ2n) is 4.03. The first-order valence-electron chi connectivity index (χ1n) is 4.98. The van der Waals surface area contributed by atoms with Crippen molar-refractivity contribution in [1.82, 2.24) is 0 Å². The minimum atomic E-state index is -0.903. The molecule has 2 nitrogen and oxygen atoms in total. The van der Waals surface area contributed by atoms with Gasteiger partial charge in [0, 0.05) is 5.54 Å². The number of halogens is 3. The molecule has 1 aromatic carbocycles. The molecule has 1 aliphatic rings. The van der Waals surface area contributed by atoms with Crippen molar-refractivity contribution in [1.29, 1.82) is 0 Å². The lowest BCUT2D eigenvalue weighted by atomic mass is 9.93. The summed E-state index contributed by atoms with van der Waals surface area (Å²) in [5.74, 6) is -0.953. The molecule has 0 heterocycles. The lowest BCUT2D eigenvalue weighted by Gasteiger charge is -2.12. The molecule has 1 N–H and O–H groups in total. The molecule has 1 aliphatic carbocycles. The quantitative estimate of drug-likeness (QED) is 0.911. The van der Waals surface area contributed by atoms with E-state index in [2.05, 4.69) is 0 Å². The number of aliphatic carboxylic acids is 1. The fourth-order valence-corrected chi connectivity index (χ4v) is 2.56. The van der Waals surface area contributed by atoms with E-state index in [1.54, 1.807) is 24.3 Å². The molecule has 17 heavy (non-hydrogen) atoms. The highest BCUT2D eigenvalue weighted by atomic mass is 35.5.